The summed E-state index contributed by atoms with van der Waals surface area (Å²) in [5.41, 5.74) is 0.0469. The van der Waals surface area contributed by atoms with E-state index in [0.717, 1.165) is 39.8 Å². The first-order chi connectivity index (χ1) is 15.5. The fourth-order valence-corrected chi connectivity index (χ4v) is 3.16. The molecule has 0 unspecified atom stereocenters. The summed E-state index contributed by atoms with van der Waals surface area (Å²) in [7, 11) is 0. The van der Waals surface area contributed by atoms with Crippen molar-refractivity contribution in [2.24, 2.45) is 0 Å². The molecule has 180 valence electrons. The van der Waals surface area contributed by atoms with Crippen molar-refractivity contribution in [2.75, 3.05) is 6.61 Å². The van der Waals surface area contributed by atoms with Gasteiger partial charge in [0.1, 0.15) is 24.6 Å². The van der Waals surface area contributed by atoms with Crippen molar-refractivity contribution in [1.82, 2.24) is 5.32 Å². The van der Waals surface area contributed by atoms with Gasteiger partial charge in [-0.05, 0) is 24.3 Å². The van der Waals surface area contributed by atoms with Gasteiger partial charge in [-0.1, -0.05) is 0 Å². The van der Waals surface area contributed by atoms with Crippen molar-refractivity contribution in [3.63, 3.8) is 0 Å². The van der Waals surface area contributed by atoms with E-state index in [9.17, 15) is 28.4 Å². The Morgan fingerprint density at radius 3 is 1.91 bits per heavy atom. The van der Waals surface area contributed by atoms with Crippen LogP contribution in [0.4, 0.5) is 4.39 Å². The maximum Gasteiger partial charge on any atom is 0.305 e. The van der Waals surface area contributed by atoms with Crippen LogP contribution in [0.5, 0.6) is 0 Å². The second-order valence-electron chi connectivity index (χ2n) is 7.11. The van der Waals surface area contributed by atoms with E-state index in [2.05, 4.69) is 5.32 Å². The third kappa shape index (κ3) is 7.52. The van der Waals surface area contributed by atoms with E-state index in [4.69, 9.17) is 23.7 Å². The van der Waals surface area contributed by atoms with Crippen molar-refractivity contribution in [3.8, 4) is 0 Å². The SMILES string of the molecule is CC(=O)OC[C@@H]1O[C@H](OC(C)=O)[C@H](NC(=O)c2ccc(F)cc2)[C@@H](OC(C)=O)[C@@H]1OC(C)=O. The summed E-state index contributed by atoms with van der Waals surface area (Å²) in [6, 6.07) is 3.21. The van der Waals surface area contributed by atoms with Crippen molar-refractivity contribution >= 4 is 29.8 Å². The minimum absolute atomic E-state index is 0.0469. The third-order valence-electron chi connectivity index (χ3n) is 4.39. The number of hydrogen-bond donors (Lipinski definition) is 1. The Labute approximate surface area is 188 Å². The summed E-state index contributed by atoms with van der Waals surface area (Å²) in [4.78, 5) is 59.3. The van der Waals surface area contributed by atoms with Crippen LogP contribution in [0.1, 0.15) is 38.1 Å². The number of nitrogens with one attached hydrogen (secondary N) is 1. The van der Waals surface area contributed by atoms with Crippen LogP contribution < -0.4 is 5.32 Å². The van der Waals surface area contributed by atoms with E-state index in [1.54, 1.807) is 0 Å². The molecule has 0 bridgehead atoms. The molecule has 0 spiro atoms. The van der Waals surface area contributed by atoms with Crippen LogP contribution in [0, 0.1) is 5.82 Å². The lowest BCUT2D eigenvalue weighted by molar-refractivity contribution is -0.270. The number of rotatable bonds is 7. The maximum atomic E-state index is 13.2. The number of benzene rings is 1. The van der Waals surface area contributed by atoms with Crippen molar-refractivity contribution in [3.05, 3.63) is 35.6 Å². The molecule has 1 saturated heterocycles. The molecule has 1 aliphatic heterocycles. The fraction of sp³-hybridized carbons (Fsp3) is 0.476. The van der Waals surface area contributed by atoms with Gasteiger partial charge < -0.3 is 29.0 Å². The largest absolute Gasteiger partial charge is 0.463 e. The minimum atomic E-state index is -1.51. The van der Waals surface area contributed by atoms with Gasteiger partial charge in [0, 0.05) is 33.3 Å². The number of amides is 1. The van der Waals surface area contributed by atoms with Crippen LogP contribution in [-0.4, -0.2) is 67.0 Å². The van der Waals surface area contributed by atoms with Gasteiger partial charge in [0.15, 0.2) is 12.2 Å². The van der Waals surface area contributed by atoms with Crippen molar-refractivity contribution in [2.45, 2.75) is 58.3 Å². The lowest BCUT2D eigenvalue weighted by Gasteiger charge is -2.44. The molecule has 12 heteroatoms. The van der Waals surface area contributed by atoms with E-state index in [1.165, 1.54) is 12.1 Å². The molecule has 0 radical (unpaired) electrons. The molecular formula is C21H24FNO10. The van der Waals surface area contributed by atoms with Crippen LogP contribution in [-0.2, 0) is 42.9 Å². The highest BCUT2D eigenvalue weighted by Gasteiger charge is 2.52. The number of hydrogen-bond acceptors (Lipinski definition) is 10. The predicted octanol–water partition coefficient (Wildman–Crippen LogP) is 0.639. The Bertz CT molecular complexity index is 903. The van der Waals surface area contributed by atoms with Crippen LogP contribution in [0.15, 0.2) is 24.3 Å². The van der Waals surface area contributed by atoms with E-state index in [0.29, 0.717) is 0 Å². The minimum Gasteiger partial charge on any atom is -0.463 e. The maximum absolute atomic E-state index is 13.2. The number of ether oxygens (including phenoxy) is 5. The number of esters is 4. The molecule has 1 aromatic carbocycles. The normalized spacial score (nSPS) is 24.2. The molecule has 2 rings (SSSR count). The van der Waals surface area contributed by atoms with Gasteiger partial charge in [-0.2, -0.15) is 0 Å². The Morgan fingerprint density at radius 1 is 0.848 bits per heavy atom. The second kappa shape index (κ2) is 11.4. The zero-order valence-electron chi connectivity index (χ0n) is 18.4. The molecule has 1 amide bonds. The average Bonchev–Trinajstić information content (AvgIpc) is 2.70. The van der Waals surface area contributed by atoms with Crippen LogP contribution >= 0.6 is 0 Å². The third-order valence-corrected chi connectivity index (χ3v) is 4.39. The zero-order chi connectivity index (χ0) is 24.7. The van der Waals surface area contributed by atoms with Crippen LogP contribution in [0.3, 0.4) is 0 Å². The molecule has 5 atom stereocenters. The van der Waals surface area contributed by atoms with Crippen LogP contribution in [0.25, 0.3) is 0 Å². The van der Waals surface area contributed by atoms with Crippen molar-refractivity contribution in [1.29, 1.82) is 0 Å². The average molecular weight is 469 g/mol. The Hall–Kier alpha value is -3.54. The first-order valence-corrected chi connectivity index (χ1v) is 9.84. The smallest absolute Gasteiger partial charge is 0.305 e. The second-order valence-corrected chi connectivity index (χ2v) is 7.11. The Balaban J connectivity index is 2.44. The molecule has 1 fully saturated rings. The number of halogens is 1. The standard InChI is InChI=1S/C21H24FNO10/c1-10(24)29-9-16-18(30-11(2)25)19(31-12(3)26)17(21(33-16)32-13(4)27)23-20(28)14-5-7-15(22)8-6-14/h5-8,16-19,21H,9H2,1-4H3,(H,23,28)/t16-,17+,18+,19+,21-/m0/s1. The summed E-state index contributed by atoms with van der Waals surface area (Å²) in [5.74, 6) is -4.33. The number of carbonyl (C=O) groups is 5. The molecule has 1 heterocycles. The van der Waals surface area contributed by atoms with E-state index in [-0.39, 0.29) is 5.56 Å². The highest BCUT2D eigenvalue weighted by Crippen LogP contribution is 2.28. The molecule has 11 nitrogen and oxygen atoms in total. The first-order valence-electron chi connectivity index (χ1n) is 9.84. The van der Waals surface area contributed by atoms with Gasteiger partial charge in [-0.3, -0.25) is 24.0 Å². The van der Waals surface area contributed by atoms with Gasteiger partial charge in [0.25, 0.3) is 5.91 Å². The zero-order valence-corrected chi connectivity index (χ0v) is 18.4. The molecule has 0 aliphatic carbocycles. The lowest BCUT2D eigenvalue weighted by atomic mass is 9.95. The first kappa shape index (κ1) is 25.7. The highest BCUT2D eigenvalue weighted by molar-refractivity contribution is 5.94. The quantitative estimate of drug-likeness (QED) is 0.446. The Morgan fingerprint density at radius 2 is 1.39 bits per heavy atom. The number of carbonyl (C=O) groups excluding carboxylic acids is 5. The monoisotopic (exact) mass is 469 g/mol. The predicted molar refractivity (Wildman–Crippen MR) is 106 cm³/mol. The van der Waals surface area contributed by atoms with Gasteiger partial charge in [0.2, 0.25) is 6.29 Å². The van der Waals surface area contributed by atoms with Crippen LogP contribution in [0.2, 0.25) is 0 Å². The van der Waals surface area contributed by atoms with Gasteiger partial charge >= 0.3 is 23.9 Å². The fourth-order valence-electron chi connectivity index (χ4n) is 3.16. The van der Waals surface area contributed by atoms with Gasteiger partial charge in [-0.25, -0.2) is 4.39 Å². The summed E-state index contributed by atoms with van der Waals surface area (Å²) in [5, 5.41) is 2.51. The molecule has 33 heavy (non-hydrogen) atoms. The molecule has 1 aliphatic rings. The Kier molecular flexibility index (Phi) is 8.85. The van der Waals surface area contributed by atoms with Gasteiger partial charge in [-0.15, -0.1) is 0 Å². The molecule has 1 aromatic rings. The molecule has 0 saturated carbocycles. The van der Waals surface area contributed by atoms with E-state index in [1.807, 2.05) is 0 Å². The van der Waals surface area contributed by atoms with E-state index < -0.39 is 72.9 Å². The molecule has 0 aromatic heterocycles. The van der Waals surface area contributed by atoms with Gasteiger partial charge in [0.05, 0.1) is 0 Å². The summed E-state index contributed by atoms with van der Waals surface area (Å²) < 4.78 is 39.6. The summed E-state index contributed by atoms with van der Waals surface area (Å²) in [6.45, 7) is 3.98. The highest BCUT2D eigenvalue weighted by atomic mass is 19.1. The summed E-state index contributed by atoms with van der Waals surface area (Å²) >= 11 is 0. The van der Waals surface area contributed by atoms with Crippen molar-refractivity contribution < 1.29 is 52.0 Å². The lowest BCUT2D eigenvalue weighted by Crippen LogP contribution is -2.67. The molecule has 1 N–H and O–H groups in total. The van der Waals surface area contributed by atoms with E-state index >= 15 is 0 Å². The molecular weight excluding hydrogens is 445 g/mol. The topological polar surface area (TPSA) is 144 Å². The summed E-state index contributed by atoms with van der Waals surface area (Å²) in [6.07, 6.45) is -5.44.